The van der Waals surface area contributed by atoms with Crippen LogP contribution in [0.2, 0.25) is 0 Å². The molecule has 4 aliphatic heterocycles. The Morgan fingerprint density at radius 1 is 1.03 bits per heavy atom. The van der Waals surface area contributed by atoms with Gasteiger partial charge in [0.1, 0.15) is 11.5 Å². The fourth-order valence-electron chi connectivity index (χ4n) is 5.86. The minimum Gasteiger partial charge on any atom is -0.355 e. The lowest BCUT2D eigenvalue weighted by Gasteiger charge is -2.45. The quantitative estimate of drug-likeness (QED) is 0.759. The summed E-state index contributed by atoms with van der Waals surface area (Å²) in [7, 11) is 0. The molecule has 2 unspecified atom stereocenters. The minimum absolute atomic E-state index is 0.0231. The fraction of sp³-hybridized carbons (Fsp3) is 0.760. The number of likely N-dealkylation sites (tertiary alicyclic amines) is 1. The van der Waals surface area contributed by atoms with E-state index >= 15 is 0 Å². The maximum atomic E-state index is 12.5. The van der Waals surface area contributed by atoms with E-state index in [0.29, 0.717) is 29.6 Å². The predicted octanol–water partition coefficient (Wildman–Crippen LogP) is 2.99. The summed E-state index contributed by atoms with van der Waals surface area (Å²) in [6.07, 6.45) is 7.72. The molecule has 4 saturated heterocycles. The predicted molar refractivity (Wildman–Crippen MR) is 124 cm³/mol. The van der Waals surface area contributed by atoms with Crippen molar-refractivity contribution >= 4 is 11.7 Å². The Morgan fingerprint density at radius 3 is 2.58 bits per heavy atom. The Labute approximate surface area is 187 Å². The van der Waals surface area contributed by atoms with Crippen molar-refractivity contribution in [3.05, 3.63) is 23.9 Å². The van der Waals surface area contributed by atoms with Crippen LogP contribution in [0.3, 0.4) is 0 Å². The first-order chi connectivity index (χ1) is 15.1. The van der Waals surface area contributed by atoms with Gasteiger partial charge < -0.3 is 15.1 Å². The second-order valence-corrected chi connectivity index (χ2v) is 10.6. The van der Waals surface area contributed by atoms with E-state index in [-0.39, 0.29) is 5.91 Å². The van der Waals surface area contributed by atoms with Crippen LogP contribution in [0.5, 0.6) is 0 Å². The zero-order chi connectivity index (χ0) is 21.4. The van der Waals surface area contributed by atoms with Crippen molar-refractivity contribution < 1.29 is 4.79 Å². The molecule has 6 heteroatoms. The molecule has 5 aliphatic rings. The second-order valence-electron chi connectivity index (χ2n) is 10.6. The van der Waals surface area contributed by atoms with Crippen LogP contribution in [0, 0.1) is 11.8 Å². The molecule has 1 amide bonds. The Balaban J connectivity index is 1.24. The van der Waals surface area contributed by atoms with Crippen LogP contribution in [-0.4, -0.2) is 78.1 Å². The number of nitrogens with one attached hydrogen (secondary N) is 1. The number of piperidine rings is 2. The zero-order valence-corrected chi connectivity index (χ0v) is 19.3. The van der Waals surface area contributed by atoms with E-state index < -0.39 is 0 Å². The van der Waals surface area contributed by atoms with Crippen molar-refractivity contribution in [3.8, 4) is 0 Å². The van der Waals surface area contributed by atoms with Gasteiger partial charge in [-0.3, -0.25) is 9.69 Å². The molecular weight excluding hydrogens is 386 g/mol. The first-order valence-corrected chi connectivity index (χ1v) is 12.6. The van der Waals surface area contributed by atoms with E-state index in [1.54, 1.807) is 0 Å². The second kappa shape index (κ2) is 9.07. The highest BCUT2D eigenvalue weighted by atomic mass is 16.1. The summed E-state index contributed by atoms with van der Waals surface area (Å²) in [5, 5.41) is 3.06. The van der Waals surface area contributed by atoms with Crippen molar-refractivity contribution in [2.24, 2.45) is 11.8 Å². The number of pyridine rings is 1. The maximum absolute atomic E-state index is 12.5. The summed E-state index contributed by atoms with van der Waals surface area (Å²) in [5.41, 5.74) is 0.563. The fourth-order valence-corrected chi connectivity index (χ4v) is 5.86. The van der Waals surface area contributed by atoms with E-state index in [0.717, 1.165) is 31.5 Å². The molecule has 2 atom stereocenters. The largest absolute Gasteiger partial charge is 0.355 e. The van der Waals surface area contributed by atoms with Gasteiger partial charge in [0.25, 0.3) is 5.91 Å². The molecule has 1 N–H and O–H groups in total. The molecule has 0 radical (unpaired) electrons. The van der Waals surface area contributed by atoms with Gasteiger partial charge >= 0.3 is 0 Å². The van der Waals surface area contributed by atoms with Gasteiger partial charge in [-0.05, 0) is 89.4 Å². The molecule has 2 bridgehead atoms. The topological polar surface area (TPSA) is 51.7 Å². The molecule has 31 heavy (non-hydrogen) atoms. The maximum Gasteiger partial charge on any atom is 0.269 e. The van der Waals surface area contributed by atoms with Gasteiger partial charge in [0.05, 0.1) is 0 Å². The molecule has 5 heterocycles. The molecule has 5 fully saturated rings. The van der Waals surface area contributed by atoms with Crippen molar-refractivity contribution in [3.63, 3.8) is 0 Å². The Hall–Kier alpha value is -1.66. The van der Waals surface area contributed by atoms with E-state index in [4.69, 9.17) is 4.98 Å². The lowest BCUT2D eigenvalue weighted by Crippen LogP contribution is -2.53. The van der Waals surface area contributed by atoms with E-state index in [1.165, 1.54) is 58.2 Å². The number of nitrogens with zero attached hydrogens (tertiary/aromatic N) is 4. The Kier molecular flexibility index (Phi) is 6.20. The van der Waals surface area contributed by atoms with Gasteiger partial charge in [0, 0.05) is 44.3 Å². The van der Waals surface area contributed by atoms with Gasteiger partial charge in [-0.25, -0.2) is 4.98 Å². The molecule has 1 aromatic heterocycles. The number of rotatable bonds is 6. The van der Waals surface area contributed by atoms with Crippen LogP contribution < -0.4 is 10.2 Å². The minimum atomic E-state index is -0.0231. The van der Waals surface area contributed by atoms with Crippen LogP contribution in [0.4, 0.5) is 5.82 Å². The summed E-state index contributed by atoms with van der Waals surface area (Å²) in [4.78, 5) is 25.3. The highest BCUT2D eigenvalue weighted by molar-refractivity contribution is 5.92. The number of aromatic nitrogens is 1. The lowest BCUT2D eigenvalue weighted by molar-refractivity contribution is 0.0373. The van der Waals surface area contributed by atoms with Crippen molar-refractivity contribution in [1.82, 2.24) is 20.1 Å². The first-order valence-electron chi connectivity index (χ1n) is 12.6. The monoisotopic (exact) mass is 425 g/mol. The van der Waals surface area contributed by atoms with Crippen LogP contribution >= 0.6 is 0 Å². The zero-order valence-electron chi connectivity index (χ0n) is 19.3. The van der Waals surface area contributed by atoms with Gasteiger partial charge in [-0.1, -0.05) is 6.07 Å². The molecule has 6 nitrogen and oxygen atoms in total. The van der Waals surface area contributed by atoms with Gasteiger partial charge in [0.2, 0.25) is 0 Å². The first kappa shape index (κ1) is 21.2. The highest BCUT2D eigenvalue weighted by Gasteiger charge is 2.39. The summed E-state index contributed by atoms with van der Waals surface area (Å²) in [6.45, 7) is 11.2. The molecule has 1 aliphatic carbocycles. The number of amides is 1. The van der Waals surface area contributed by atoms with Crippen molar-refractivity contribution in [1.29, 1.82) is 0 Å². The number of carbonyl (C=O) groups excluding carboxylic acids is 1. The summed E-state index contributed by atoms with van der Waals surface area (Å²) in [5.74, 6) is 2.35. The van der Waals surface area contributed by atoms with Gasteiger partial charge in [0.15, 0.2) is 0 Å². The Bertz CT molecular complexity index is 771. The third kappa shape index (κ3) is 4.90. The molecular formula is C25H39N5O. The molecule has 170 valence electrons. The molecule has 0 aromatic carbocycles. The summed E-state index contributed by atoms with van der Waals surface area (Å²) >= 11 is 0. The highest BCUT2D eigenvalue weighted by Crippen LogP contribution is 2.34. The average molecular weight is 426 g/mol. The third-order valence-corrected chi connectivity index (χ3v) is 7.99. The standard InChI is InChI=1S/C25H39N5O/c1-18(2)28-12-10-21(11-13-28)30-16-20-8-9-22(30)17-29(15-20)24-5-3-4-23(27-24)25(31)26-14-19-6-7-19/h3-5,18-22H,6-17H2,1-2H3,(H,26,31). The van der Waals surface area contributed by atoms with E-state index in [9.17, 15) is 4.79 Å². The van der Waals surface area contributed by atoms with Gasteiger partial charge in [-0.15, -0.1) is 0 Å². The van der Waals surface area contributed by atoms with Gasteiger partial charge in [-0.2, -0.15) is 0 Å². The number of hydrogen-bond acceptors (Lipinski definition) is 5. The normalized spacial score (nSPS) is 28.2. The Morgan fingerprint density at radius 2 is 1.84 bits per heavy atom. The smallest absolute Gasteiger partial charge is 0.269 e. The molecule has 1 aromatic rings. The summed E-state index contributed by atoms with van der Waals surface area (Å²) < 4.78 is 0. The van der Waals surface area contributed by atoms with Crippen molar-refractivity contribution in [2.75, 3.05) is 44.2 Å². The average Bonchev–Trinajstić information content (AvgIpc) is 3.65. The van der Waals surface area contributed by atoms with E-state index in [2.05, 4.69) is 39.9 Å². The summed E-state index contributed by atoms with van der Waals surface area (Å²) in [6, 6.07) is 7.96. The number of hydrogen-bond donors (Lipinski definition) is 1. The van der Waals surface area contributed by atoms with Crippen LogP contribution in [0.1, 0.15) is 62.9 Å². The SMILES string of the molecule is CC(C)N1CCC(N2CC3CCC2CN(c2cccc(C(=O)NCC4CC4)n2)C3)CC1. The number of fused-ring (bicyclic) bond motifs is 4. The molecule has 6 rings (SSSR count). The number of carbonyl (C=O) groups is 1. The molecule has 0 spiro atoms. The van der Waals surface area contributed by atoms with Crippen LogP contribution in [0.25, 0.3) is 0 Å². The van der Waals surface area contributed by atoms with Crippen LogP contribution in [0.15, 0.2) is 18.2 Å². The third-order valence-electron chi connectivity index (χ3n) is 7.99. The van der Waals surface area contributed by atoms with Crippen LogP contribution in [-0.2, 0) is 0 Å². The number of anilines is 1. The van der Waals surface area contributed by atoms with Crippen molar-refractivity contribution in [2.45, 2.75) is 70.5 Å². The lowest BCUT2D eigenvalue weighted by atomic mass is 9.90. The molecule has 1 saturated carbocycles. The van der Waals surface area contributed by atoms with E-state index in [1.807, 2.05) is 12.1 Å².